The number of para-hydroxylation sites is 1. The molecule has 0 aliphatic rings. The highest BCUT2D eigenvalue weighted by atomic mass is 16.2. The fourth-order valence-corrected chi connectivity index (χ4v) is 1.64. The van der Waals surface area contributed by atoms with Crippen LogP contribution in [-0.4, -0.2) is 15.6 Å². The van der Waals surface area contributed by atoms with Crippen molar-refractivity contribution < 1.29 is 4.79 Å². The summed E-state index contributed by atoms with van der Waals surface area (Å²) in [6.07, 6.45) is 0. The molecule has 5 nitrogen and oxygen atoms in total. The molecule has 1 heterocycles. The zero-order valence-corrected chi connectivity index (χ0v) is 11.5. The Morgan fingerprint density at radius 3 is 2.53 bits per heavy atom. The zero-order valence-electron chi connectivity index (χ0n) is 11.5. The second kappa shape index (κ2) is 4.50. The van der Waals surface area contributed by atoms with Crippen molar-refractivity contribution in [3.8, 4) is 0 Å². The van der Waals surface area contributed by atoms with Crippen LogP contribution in [0, 0.1) is 12.3 Å². The molecule has 1 aromatic heterocycles. The van der Waals surface area contributed by atoms with Crippen molar-refractivity contribution in [3.05, 3.63) is 40.4 Å². The lowest BCUT2D eigenvalue weighted by atomic mass is 9.96. The number of amides is 1. The first-order valence-corrected chi connectivity index (χ1v) is 6.10. The molecule has 0 saturated heterocycles. The highest BCUT2D eigenvalue weighted by molar-refractivity contribution is 5.88. The van der Waals surface area contributed by atoms with Gasteiger partial charge in [-0.2, -0.15) is 0 Å². The molecule has 0 atom stereocenters. The third-order valence-electron chi connectivity index (χ3n) is 2.84. The SMILES string of the molecule is Cc1nc2ccccc2c(=O)n1NC(=O)C(C)(C)C. The molecule has 1 amide bonds. The zero-order chi connectivity index (χ0) is 14.2. The minimum absolute atomic E-state index is 0.227. The molecule has 0 radical (unpaired) electrons. The van der Waals surface area contributed by atoms with Crippen LogP contribution in [0.5, 0.6) is 0 Å². The number of aromatic nitrogens is 2. The minimum atomic E-state index is -0.572. The van der Waals surface area contributed by atoms with Gasteiger partial charge in [-0.05, 0) is 19.1 Å². The number of hydrogen-bond acceptors (Lipinski definition) is 3. The number of nitrogens with zero attached hydrogens (tertiary/aromatic N) is 2. The molecule has 1 aromatic carbocycles. The number of benzene rings is 1. The van der Waals surface area contributed by atoms with Crippen molar-refractivity contribution in [3.63, 3.8) is 0 Å². The molecule has 100 valence electrons. The molecule has 0 bridgehead atoms. The summed E-state index contributed by atoms with van der Waals surface area (Å²) in [5, 5.41) is 0.488. The van der Waals surface area contributed by atoms with Gasteiger partial charge < -0.3 is 0 Å². The van der Waals surface area contributed by atoms with Gasteiger partial charge in [0.2, 0.25) is 5.91 Å². The summed E-state index contributed by atoms with van der Waals surface area (Å²) < 4.78 is 1.20. The van der Waals surface area contributed by atoms with Gasteiger partial charge in [0.25, 0.3) is 5.56 Å². The van der Waals surface area contributed by atoms with E-state index >= 15 is 0 Å². The molecule has 2 rings (SSSR count). The van der Waals surface area contributed by atoms with E-state index in [1.807, 2.05) is 6.07 Å². The Bertz CT molecular complexity index is 696. The van der Waals surface area contributed by atoms with Gasteiger partial charge in [0.1, 0.15) is 5.82 Å². The maximum absolute atomic E-state index is 12.3. The molecule has 2 aromatic rings. The van der Waals surface area contributed by atoms with Crippen LogP contribution in [0.2, 0.25) is 0 Å². The molecule has 0 fully saturated rings. The van der Waals surface area contributed by atoms with E-state index in [4.69, 9.17) is 0 Å². The van der Waals surface area contributed by atoms with Gasteiger partial charge in [0.15, 0.2) is 0 Å². The van der Waals surface area contributed by atoms with E-state index in [1.165, 1.54) is 4.68 Å². The molecule has 0 spiro atoms. The van der Waals surface area contributed by atoms with Gasteiger partial charge in [0.05, 0.1) is 10.9 Å². The average Bonchev–Trinajstić information content (AvgIpc) is 2.33. The van der Waals surface area contributed by atoms with E-state index in [1.54, 1.807) is 45.9 Å². The first-order chi connectivity index (χ1) is 8.80. The summed E-state index contributed by atoms with van der Waals surface area (Å²) in [6.45, 7) is 7.06. The quantitative estimate of drug-likeness (QED) is 0.849. The summed E-state index contributed by atoms with van der Waals surface area (Å²) in [5.41, 5.74) is 2.41. The highest BCUT2D eigenvalue weighted by Crippen LogP contribution is 2.13. The smallest absolute Gasteiger partial charge is 0.273 e. The Morgan fingerprint density at radius 2 is 1.89 bits per heavy atom. The van der Waals surface area contributed by atoms with Crippen molar-refractivity contribution in [2.45, 2.75) is 27.7 Å². The van der Waals surface area contributed by atoms with E-state index in [9.17, 15) is 9.59 Å². The van der Waals surface area contributed by atoms with Gasteiger partial charge in [-0.15, -0.1) is 0 Å². The first kappa shape index (κ1) is 13.3. The van der Waals surface area contributed by atoms with Gasteiger partial charge >= 0.3 is 0 Å². The summed E-state index contributed by atoms with van der Waals surface area (Å²) >= 11 is 0. The molecule has 5 heteroatoms. The molecule has 0 aliphatic heterocycles. The number of carbonyl (C=O) groups excluding carboxylic acids is 1. The van der Waals surface area contributed by atoms with E-state index in [0.717, 1.165) is 0 Å². The minimum Gasteiger partial charge on any atom is -0.273 e. The lowest BCUT2D eigenvalue weighted by molar-refractivity contribution is -0.124. The third kappa shape index (κ3) is 2.50. The average molecular weight is 259 g/mol. The summed E-state index contributed by atoms with van der Waals surface area (Å²) in [7, 11) is 0. The summed E-state index contributed by atoms with van der Waals surface area (Å²) in [4.78, 5) is 28.6. The number of aryl methyl sites for hydroxylation is 1. The Labute approximate surface area is 111 Å². The predicted molar refractivity (Wildman–Crippen MR) is 74.6 cm³/mol. The Morgan fingerprint density at radius 1 is 1.26 bits per heavy atom. The molecule has 1 N–H and O–H groups in total. The summed E-state index contributed by atoms with van der Waals surface area (Å²) in [5.74, 6) is 0.232. The van der Waals surface area contributed by atoms with Gasteiger partial charge in [-0.25, -0.2) is 9.66 Å². The third-order valence-corrected chi connectivity index (χ3v) is 2.84. The predicted octanol–water partition coefficient (Wildman–Crippen LogP) is 1.82. The molecular weight excluding hydrogens is 242 g/mol. The van der Waals surface area contributed by atoms with Gasteiger partial charge in [-0.3, -0.25) is 15.0 Å². The topological polar surface area (TPSA) is 64.0 Å². The van der Waals surface area contributed by atoms with E-state index in [2.05, 4.69) is 10.4 Å². The molecular formula is C14H17N3O2. The van der Waals surface area contributed by atoms with E-state index < -0.39 is 5.41 Å². The number of rotatable bonds is 1. The second-order valence-corrected chi connectivity index (χ2v) is 5.51. The number of carbonyl (C=O) groups is 1. The fraction of sp³-hybridized carbons (Fsp3) is 0.357. The number of nitrogens with one attached hydrogen (secondary N) is 1. The summed E-state index contributed by atoms with van der Waals surface area (Å²) in [6, 6.07) is 7.08. The maximum atomic E-state index is 12.3. The van der Waals surface area contributed by atoms with Crippen LogP contribution >= 0.6 is 0 Å². The standard InChI is InChI=1S/C14H17N3O2/c1-9-15-11-8-6-5-7-10(11)12(18)17(9)16-13(19)14(2,3)4/h5-8H,1-4H3,(H,16,19). The number of fused-ring (bicyclic) bond motifs is 1. The van der Waals surface area contributed by atoms with Gasteiger partial charge in [0, 0.05) is 5.41 Å². The van der Waals surface area contributed by atoms with E-state index in [-0.39, 0.29) is 11.5 Å². The highest BCUT2D eigenvalue weighted by Gasteiger charge is 2.22. The molecule has 0 aliphatic carbocycles. The van der Waals surface area contributed by atoms with Crippen molar-refractivity contribution in [2.75, 3.05) is 5.43 Å². The van der Waals surface area contributed by atoms with Crippen molar-refractivity contribution >= 4 is 16.8 Å². The number of hydrogen-bond donors (Lipinski definition) is 1. The van der Waals surface area contributed by atoms with Crippen LogP contribution in [0.25, 0.3) is 10.9 Å². The fourth-order valence-electron chi connectivity index (χ4n) is 1.64. The normalized spacial score (nSPS) is 11.6. The molecule has 19 heavy (non-hydrogen) atoms. The van der Waals surface area contributed by atoms with Crippen molar-refractivity contribution in [2.24, 2.45) is 5.41 Å². The van der Waals surface area contributed by atoms with Crippen LogP contribution in [0.3, 0.4) is 0 Å². The maximum Gasteiger partial charge on any atom is 0.280 e. The van der Waals surface area contributed by atoms with Crippen molar-refractivity contribution in [1.82, 2.24) is 9.66 Å². The van der Waals surface area contributed by atoms with Crippen LogP contribution in [0.4, 0.5) is 0 Å². The van der Waals surface area contributed by atoms with Crippen molar-refractivity contribution in [1.29, 1.82) is 0 Å². The van der Waals surface area contributed by atoms with E-state index in [0.29, 0.717) is 16.7 Å². The van der Waals surface area contributed by atoms with Crippen LogP contribution in [0.1, 0.15) is 26.6 Å². The largest absolute Gasteiger partial charge is 0.280 e. The van der Waals surface area contributed by atoms with Crippen LogP contribution < -0.4 is 11.0 Å². The lowest BCUT2D eigenvalue weighted by Crippen LogP contribution is -2.40. The van der Waals surface area contributed by atoms with Crippen LogP contribution in [0.15, 0.2) is 29.1 Å². The molecule has 0 unspecified atom stereocenters. The first-order valence-electron chi connectivity index (χ1n) is 6.10. The Hall–Kier alpha value is -2.17. The second-order valence-electron chi connectivity index (χ2n) is 5.51. The monoisotopic (exact) mass is 259 g/mol. The Kier molecular flexibility index (Phi) is 3.14. The van der Waals surface area contributed by atoms with Crippen LogP contribution in [-0.2, 0) is 4.79 Å². The Balaban J connectivity index is 2.56. The van der Waals surface area contributed by atoms with Gasteiger partial charge in [-0.1, -0.05) is 32.9 Å². The lowest BCUT2D eigenvalue weighted by Gasteiger charge is -2.19. The molecule has 0 saturated carbocycles.